The van der Waals surface area contributed by atoms with E-state index in [2.05, 4.69) is 39.0 Å². The molecule has 6 heteroatoms. The molecule has 5 nitrogen and oxygen atoms in total. The minimum absolute atomic E-state index is 0.303. The standard InChI is InChI=1S/C22H25N3O2S/c26-20(16-24-11-13-25(14-12-24)22-23-10-15-28-22)17-27-21-8-6-19(7-9-21)18-4-2-1-3-5-18/h1-10,15,20,26H,11-14,16-17H2. The average Bonchev–Trinajstić information content (AvgIpc) is 3.29. The summed E-state index contributed by atoms with van der Waals surface area (Å²) in [7, 11) is 0. The summed E-state index contributed by atoms with van der Waals surface area (Å²) in [5.74, 6) is 0.785. The van der Waals surface area contributed by atoms with E-state index in [0.29, 0.717) is 13.2 Å². The van der Waals surface area contributed by atoms with Gasteiger partial charge in [0.05, 0.1) is 0 Å². The van der Waals surface area contributed by atoms with E-state index in [1.165, 1.54) is 5.56 Å². The first-order valence-electron chi connectivity index (χ1n) is 9.61. The molecule has 0 saturated carbocycles. The SMILES string of the molecule is OC(COc1ccc(-c2ccccc2)cc1)CN1CCN(c2nccs2)CC1. The molecule has 0 radical (unpaired) electrons. The van der Waals surface area contributed by atoms with Crippen molar-refractivity contribution in [2.45, 2.75) is 6.10 Å². The van der Waals surface area contributed by atoms with E-state index in [1.54, 1.807) is 11.3 Å². The van der Waals surface area contributed by atoms with Gasteiger partial charge in [0, 0.05) is 44.3 Å². The smallest absolute Gasteiger partial charge is 0.185 e. The molecular weight excluding hydrogens is 370 g/mol. The molecule has 3 aromatic rings. The molecule has 1 saturated heterocycles. The maximum Gasteiger partial charge on any atom is 0.185 e. The average molecular weight is 396 g/mol. The molecule has 1 aliphatic rings. The molecule has 0 spiro atoms. The summed E-state index contributed by atoms with van der Waals surface area (Å²) in [5.41, 5.74) is 2.34. The zero-order valence-electron chi connectivity index (χ0n) is 15.8. The highest BCUT2D eigenvalue weighted by molar-refractivity contribution is 7.13. The number of nitrogens with zero attached hydrogens (tertiary/aromatic N) is 3. The third-order valence-electron chi connectivity index (χ3n) is 4.93. The minimum atomic E-state index is -0.500. The van der Waals surface area contributed by atoms with E-state index < -0.39 is 6.10 Å². The summed E-state index contributed by atoms with van der Waals surface area (Å²) in [6.07, 6.45) is 1.35. The molecule has 4 rings (SSSR count). The molecule has 1 aromatic heterocycles. The Bertz CT molecular complexity index is 832. The quantitative estimate of drug-likeness (QED) is 0.665. The van der Waals surface area contributed by atoms with Crippen LogP contribution in [0, 0.1) is 0 Å². The Kier molecular flexibility index (Phi) is 6.21. The Hall–Kier alpha value is -2.41. The number of piperazine rings is 1. The summed E-state index contributed by atoms with van der Waals surface area (Å²) < 4.78 is 5.78. The number of thiazole rings is 1. The van der Waals surface area contributed by atoms with Gasteiger partial charge in [0.1, 0.15) is 18.5 Å². The molecule has 1 unspecified atom stereocenters. The maximum absolute atomic E-state index is 10.4. The zero-order chi connectivity index (χ0) is 19.2. The van der Waals surface area contributed by atoms with Crippen molar-refractivity contribution in [3.63, 3.8) is 0 Å². The molecule has 146 valence electrons. The fraction of sp³-hybridized carbons (Fsp3) is 0.318. The molecule has 0 aliphatic carbocycles. The van der Waals surface area contributed by atoms with Crippen LogP contribution in [0.3, 0.4) is 0 Å². The van der Waals surface area contributed by atoms with Gasteiger partial charge in [-0.25, -0.2) is 4.98 Å². The molecular formula is C22H25N3O2S. The first kappa shape index (κ1) is 18.9. The van der Waals surface area contributed by atoms with Gasteiger partial charge in [-0.2, -0.15) is 0 Å². The Labute approximate surface area is 169 Å². The highest BCUT2D eigenvalue weighted by Gasteiger charge is 2.20. The number of aliphatic hydroxyl groups is 1. The number of benzene rings is 2. The Balaban J connectivity index is 1.21. The van der Waals surface area contributed by atoms with Crippen LogP contribution in [0.15, 0.2) is 66.2 Å². The second-order valence-corrected chi connectivity index (χ2v) is 7.83. The first-order valence-corrected chi connectivity index (χ1v) is 10.5. The van der Waals surface area contributed by atoms with Crippen LogP contribution in [0.1, 0.15) is 0 Å². The van der Waals surface area contributed by atoms with Crippen molar-refractivity contribution in [3.05, 3.63) is 66.2 Å². The van der Waals surface area contributed by atoms with Gasteiger partial charge >= 0.3 is 0 Å². The van der Waals surface area contributed by atoms with E-state index in [4.69, 9.17) is 4.74 Å². The van der Waals surface area contributed by atoms with E-state index in [9.17, 15) is 5.11 Å². The summed E-state index contributed by atoms with van der Waals surface area (Å²) in [4.78, 5) is 8.96. The summed E-state index contributed by atoms with van der Waals surface area (Å²) in [5, 5.41) is 13.4. The Morgan fingerprint density at radius 2 is 1.68 bits per heavy atom. The Morgan fingerprint density at radius 3 is 2.36 bits per heavy atom. The first-order chi connectivity index (χ1) is 13.8. The lowest BCUT2D eigenvalue weighted by molar-refractivity contribution is 0.0663. The lowest BCUT2D eigenvalue weighted by atomic mass is 10.1. The van der Waals surface area contributed by atoms with E-state index in [1.807, 2.05) is 41.9 Å². The predicted molar refractivity (Wildman–Crippen MR) is 114 cm³/mol. The molecule has 1 fully saturated rings. The van der Waals surface area contributed by atoms with Gasteiger partial charge in [-0.05, 0) is 23.3 Å². The van der Waals surface area contributed by atoms with E-state index >= 15 is 0 Å². The van der Waals surface area contributed by atoms with Crippen LogP contribution >= 0.6 is 11.3 Å². The number of β-amino-alcohol motifs (C(OH)–C–C–N with tert-alkyl or cyclic N) is 1. The molecule has 2 heterocycles. The van der Waals surface area contributed by atoms with Crippen LogP contribution in [0.5, 0.6) is 5.75 Å². The monoisotopic (exact) mass is 395 g/mol. The summed E-state index contributed by atoms with van der Waals surface area (Å²) in [6, 6.07) is 18.3. The zero-order valence-corrected chi connectivity index (χ0v) is 16.6. The second-order valence-electron chi connectivity index (χ2n) is 6.96. The predicted octanol–water partition coefficient (Wildman–Crippen LogP) is 3.37. The lowest BCUT2D eigenvalue weighted by Crippen LogP contribution is -2.49. The van der Waals surface area contributed by atoms with Gasteiger partial charge in [-0.1, -0.05) is 42.5 Å². The van der Waals surface area contributed by atoms with Crippen LogP contribution in [-0.2, 0) is 0 Å². The van der Waals surface area contributed by atoms with Crippen molar-refractivity contribution < 1.29 is 9.84 Å². The third kappa shape index (κ3) is 4.90. The van der Waals surface area contributed by atoms with Gasteiger partial charge in [0.15, 0.2) is 5.13 Å². The largest absolute Gasteiger partial charge is 0.491 e. The van der Waals surface area contributed by atoms with E-state index in [0.717, 1.165) is 42.6 Å². The van der Waals surface area contributed by atoms with Crippen molar-refractivity contribution in [1.82, 2.24) is 9.88 Å². The number of ether oxygens (including phenoxy) is 1. The number of aromatic nitrogens is 1. The topological polar surface area (TPSA) is 48.8 Å². The number of rotatable bonds is 7. The number of hydrogen-bond donors (Lipinski definition) is 1. The normalized spacial score (nSPS) is 16.1. The highest BCUT2D eigenvalue weighted by Crippen LogP contribution is 2.22. The molecule has 1 aliphatic heterocycles. The van der Waals surface area contributed by atoms with Gasteiger partial charge in [-0.3, -0.25) is 4.90 Å². The van der Waals surface area contributed by atoms with E-state index in [-0.39, 0.29) is 0 Å². The van der Waals surface area contributed by atoms with Crippen molar-refractivity contribution in [3.8, 4) is 16.9 Å². The third-order valence-corrected chi connectivity index (χ3v) is 5.77. The van der Waals surface area contributed by atoms with Crippen LogP contribution in [0.4, 0.5) is 5.13 Å². The summed E-state index contributed by atoms with van der Waals surface area (Å²) >= 11 is 1.68. The van der Waals surface area contributed by atoms with Crippen LogP contribution in [-0.4, -0.2) is 60.4 Å². The van der Waals surface area contributed by atoms with Gasteiger partial charge in [0.2, 0.25) is 0 Å². The number of anilines is 1. The van der Waals surface area contributed by atoms with Gasteiger partial charge in [0.25, 0.3) is 0 Å². The van der Waals surface area contributed by atoms with Crippen LogP contribution < -0.4 is 9.64 Å². The molecule has 28 heavy (non-hydrogen) atoms. The van der Waals surface area contributed by atoms with Crippen LogP contribution in [0.2, 0.25) is 0 Å². The maximum atomic E-state index is 10.4. The lowest BCUT2D eigenvalue weighted by Gasteiger charge is -2.35. The van der Waals surface area contributed by atoms with Crippen LogP contribution in [0.25, 0.3) is 11.1 Å². The van der Waals surface area contributed by atoms with Crippen molar-refractivity contribution in [1.29, 1.82) is 0 Å². The summed E-state index contributed by atoms with van der Waals surface area (Å²) in [6.45, 7) is 4.69. The van der Waals surface area contributed by atoms with Crippen molar-refractivity contribution in [2.75, 3.05) is 44.2 Å². The number of aliphatic hydroxyl groups excluding tert-OH is 1. The fourth-order valence-corrected chi connectivity index (χ4v) is 4.11. The highest BCUT2D eigenvalue weighted by atomic mass is 32.1. The minimum Gasteiger partial charge on any atom is -0.491 e. The molecule has 1 N–H and O–H groups in total. The Morgan fingerprint density at radius 1 is 0.964 bits per heavy atom. The second kappa shape index (κ2) is 9.19. The van der Waals surface area contributed by atoms with Gasteiger partial charge in [-0.15, -0.1) is 11.3 Å². The van der Waals surface area contributed by atoms with Crippen molar-refractivity contribution in [2.24, 2.45) is 0 Å². The van der Waals surface area contributed by atoms with Gasteiger partial charge < -0.3 is 14.7 Å². The molecule has 2 aromatic carbocycles. The number of hydrogen-bond acceptors (Lipinski definition) is 6. The molecule has 1 atom stereocenters. The fourth-order valence-electron chi connectivity index (χ4n) is 3.41. The molecule has 0 bridgehead atoms. The van der Waals surface area contributed by atoms with Crippen molar-refractivity contribution >= 4 is 16.5 Å². The molecule has 0 amide bonds.